The Morgan fingerprint density at radius 3 is 2.58 bits per heavy atom. The van der Waals surface area contributed by atoms with Crippen molar-refractivity contribution in [2.75, 3.05) is 0 Å². The summed E-state index contributed by atoms with van der Waals surface area (Å²) < 4.78 is 0. The van der Waals surface area contributed by atoms with Gasteiger partial charge in [0.05, 0.1) is 10.6 Å². The first-order valence-electron chi connectivity index (χ1n) is 3.03. The van der Waals surface area contributed by atoms with Crippen LogP contribution in [-0.4, -0.2) is 6.29 Å². The Morgan fingerprint density at radius 2 is 2.08 bits per heavy atom. The Labute approximate surface area is 79.3 Å². The van der Waals surface area contributed by atoms with Crippen LogP contribution in [0.2, 0.25) is 10.0 Å². The molecule has 4 heteroatoms. The van der Waals surface area contributed by atoms with Gasteiger partial charge in [-0.3, -0.25) is 4.79 Å². The van der Waals surface area contributed by atoms with Gasteiger partial charge in [-0.1, -0.05) is 23.2 Å². The van der Waals surface area contributed by atoms with Gasteiger partial charge in [-0.15, -0.1) is 0 Å². The van der Waals surface area contributed by atoms with Crippen LogP contribution in [0.1, 0.15) is 15.9 Å². The van der Waals surface area contributed by atoms with E-state index in [2.05, 4.69) is 0 Å². The summed E-state index contributed by atoms with van der Waals surface area (Å²) in [6, 6.07) is 4.66. The van der Waals surface area contributed by atoms with Gasteiger partial charge >= 0.3 is 0 Å². The van der Waals surface area contributed by atoms with Crippen molar-refractivity contribution in [2.24, 2.45) is 0 Å². The van der Waals surface area contributed by atoms with Crippen LogP contribution in [0.4, 0.5) is 0 Å². The fourth-order valence-corrected chi connectivity index (χ4v) is 1.20. The Balaban J connectivity index is 3.44. The maximum absolute atomic E-state index is 10.4. The highest BCUT2D eigenvalue weighted by molar-refractivity contribution is 6.36. The topological polar surface area (TPSA) is 40.9 Å². The molecule has 0 heterocycles. The van der Waals surface area contributed by atoms with Crippen molar-refractivity contribution in [1.82, 2.24) is 0 Å². The third-order valence-electron chi connectivity index (χ3n) is 1.31. The fourth-order valence-electron chi connectivity index (χ4n) is 0.777. The Hall–Kier alpha value is -1.04. The molecule has 2 nitrogen and oxygen atoms in total. The smallest absolute Gasteiger partial charge is 0.151 e. The van der Waals surface area contributed by atoms with Crippen LogP contribution in [0.15, 0.2) is 12.1 Å². The molecule has 0 amide bonds. The van der Waals surface area contributed by atoms with E-state index in [1.165, 1.54) is 12.1 Å². The average molecular weight is 200 g/mol. The molecule has 60 valence electrons. The summed E-state index contributed by atoms with van der Waals surface area (Å²) in [4.78, 5) is 10.4. The Kier molecular flexibility index (Phi) is 2.69. The van der Waals surface area contributed by atoms with Gasteiger partial charge < -0.3 is 0 Å². The molecular weight excluding hydrogens is 197 g/mol. The highest BCUT2D eigenvalue weighted by Gasteiger charge is 2.06. The van der Waals surface area contributed by atoms with Gasteiger partial charge in [-0.25, -0.2) is 0 Å². The highest BCUT2D eigenvalue weighted by Crippen LogP contribution is 2.23. The number of hydrogen-bond donors (Lipinski definition) is 0. The Morgan fingerprint density at radius 1 is 1.42 bits per heavy atom. The molecule has 0 unspecified atom stereocenters. The van der Waals surface area contributed by atoms with Gasteiger partial charge in [0, 0.05) is 10.6 Å². The minimum Gasteiger partial charge on any atom is -0.298 e. The van der Waals surface area contributed by atoms with Crippen molar-refractivity contribution in [1.29, 1.82) is 5.26 Å². The number of nitriles is 1. The van der Waals surface area contributed by atoms with E-state index in [0.29, 0.717) is 11.3 Å². The molecule has 0 atom stereocenters. The monoisotopic (exact) mass is 199 g/mol. The lowest BCUT2D eigenvalue weighted by Crippen LogP contribution is -1.86. The summed E-state index contributed by atoms with van der Waals surface area (Å²) in [5.41, 5.74) is 0.451. The third kappa shape index (κ3) is 1.58. The number of carbonyl (C=O) groups excluding carboxylic acids is 1. The SMILES string of the molecule is N#Cc1cc(Cl)cc(C=O)c1Cl. The third-order valence-corrected chi connectivity index (χ3v) is 1.95. The number of nitrogens with zero attached hydrogens (tertiary/aromatic N) is 1. The van der Waals surface area contributed by atoms with Gasteiger partial charge in [0.1, 0.15) is 6.07 Å². The molecule has 0 radical (unpaired) electrons. The van der Waals surface area contributed by atoms with E-state index in [4.69, 9.17) is 28.5 Å². The summed E-state index contributed by atoms with van der Waals surface area (Å²) in [7, 11) is 0. The van der Waals surface area contributed by atoms with E-state index < -0.39 is 0 Å². The number of rotatable bonds is 1. The first-order chi connectivity index (χ1) is 5.69. The van der Waals surface area contributed by atoms with Gasteiger partial charge in [-0.05, 0) is 12.1 Å². The minimum atomic E-state index is 0.150. The van der Waals surface area contributed by atoms with Crippen LogP contribution < -0.4 is 0 Å². The number of halogens is 2. The molecule has 1 aromatic carbocycles. The summed E-state index contributed by atoms with van der Waals surface area (Å²) >= 11 is 11.3. The van der Waals surface area contributed by atoms with Crippen molar-refractivity contribution in [3.05, 3.63) is 33.3 Å². The second-order valence-corrected chi connectivity index (χ2v) is 2.90. The number of hydrogen-bond acceptors (Lipinski definition) is 2. The molecule has 0 bridgehead atoms. The average Bonchev–Trinajstić information content (AvgIpc) is 2.08. The fraction of sp³-hybridized carbons (Fsp3) is 0. The maximum atomic E-state index is 10.4. The molecule has 0 aliphatic carbocycles. The van der Waals surface area contributed by atoms with Crippen LogP contribution in [0.5, 0.6) is 0 Å². The van der Waals surface area contributed by atoms with Crippen molar-refractivity contribution >= 4 is 29.5 Å². The second kappa shape index (κ2) is 3.57. The van der Waals surface area contributed by atoms with Gasteiger partial charge in [0.2, 0.25) is 0 Å². The molecule has 0 spiro atoms. The summed E-state index contributed by atoms with van der Waals surface area (Å²) in [5.74, 6) is 0. The van der Waals surface area contributed by atoms with Gasteiger partial charge in [0.25, 0.3) is 0 Å². The maximum Gasteiger partial charge on any atom is 0.151 e. The molecule has 0 saturated carbocycles. The zero-order valence-electron chi connectivity index (χ0n) is 5.84. The molecule has 0 saturated heterocycles. The molecule has 0 aliphatic heterocycles. The normalized spacial score (nSPS) is 9.08. The van der Waals surface area contributed by atoms with Crippen molar-refractivity contribution in [2.45, 2.75) is 0 Å². The van der Waals surface area contributed by atoms with Gasteiger partial charge in [0.15, 0.2) is 6.29 Å². The van der Waals surface area contributed by atoms with Crippen molar-refractivity contribution in [3.63, 3.8) is 0 Å². The van der Waals surface area contributed by atoms with E-state index in [1.54, 1.807) is 0 Å². The lowest BCUT2D eigenvalue weighted by atomic mass is 10.1. The number of benzene rings is 1. The van der Waals surface area contributed by atoms with E-state index >= 15 is 0 Å². The zero-order valence-corrected chi connectivity index (χ0v) is 7.36. The summed E-state index contributed by atoms with van der Waals surface area (Å²) in [5, 5.41) is 9.04. The standard InChI is InChI=1S/C8H3Cl2NO/c9-7-1-5(3-11)8(10)6(2-7)4-12/h1-2,4H. The van der Waals surface area contributed by atoms with Crippen LogP contribution >= 0.6 is 23.2 Å². The van der Waals surface area contributed by atoms with E-state index in [9.17, 15) is 4.79 Å². The summed E-state index contributed by atoms with van der Waals surface area (Å²) in [6.07, 6.45) is 0.565. The van der Waals surface area contributed by atoms with E-state index in [0.717, 1.165) is 0 Å². The molecule has 0 aromatic heterocycles. The molecule has 1 aromatic rings. The molecule has 1 rings (SSSR count). The zero-order chi connectivity index (χ0) is 9.14. The van der Waals surface area contributed by atoms with E-state index in [1.807, 2.05) is 6.07 Å². The first kappa shape index (κ1) is 9.05. The summed E-state index contributed by atoms with van der Waals surface area (Å²) in [6.45, 7) is 0. The molecule has 0 aliphatic rings. The van der Waals surface area contributed by atoms with Crippen LogP contribution in [0.25, 0.3) is 0 Å². The number of carbonyl (C=O) groups is 1. The minimum absolute atomic E-state index is 0.150. The Bertz CT molecular complexity index is 368. The van der Waals surface area contributed by atoms with E-state index in [-0.39, 0.29) is 16.1 Å². The van der Waals surface area contributed by atoms with Crippen LogP contribution in [0, 0.1) is 11.3 Å². The number of aldehydes is 1. The van der Waals surface area contributed by atoms with Crippen molar-refractivity contribution in [3.8, 4) is 6.07 Å². The molecule has 12 heavy (non-hydrogen) atoms. The predicted molar refractivity (Wildman–Crippen MR) is 46.6 cm³/mol. The first-order valence-corrected chi connectivity index (χ1v) is 3.79. The molecule has 0 fully saturated rings. The largest absolute Gasteiger partial charge is 0.298 e. The van der Waals surface area contributed by atoms with Crippen LogP contribution in [-0.2, 0) is 0 Å². The molecule has 0 N–H and O–H groups in total. The quantitative estimate of drug-likeness (QED) is 0.653. The second-order valence-electron chi connectivity index (χ2n) is 2.09. The highest BCUT2D eigenvalue weighted by atomic mass is 35.5. The predicted octanol–water partition coefficient (Wildman–Crippen LogP) is 2.68. The van der Waals surface area contributed by atoms with Crippen molar-refractivity contribution < 1.29 is 4.79 Å². The van der Waals surface area contributed by atoms with Gasteiger partial charge in [-0.2, -0.15) is 5.26 Å². The lowest BCUT2D eigenvalue weighted by molar-refractivity contribution is 0.112. The lowest BCUT2D eigenvalue weighted by Gasteiger charge is -1.98. The molecular formula is C8H3Cl2NO. The van der Waals surface area contributed by atoms with Crippen LogP contribution in [0.3, 0.4) is 0 Å².